The number of aliphatic carboxylic acids is 1. The summed E-state index contributed by atoms with van der Waals surface area (Å²) >= 11 is 0. The molecule has 7 nitrogen and oxygen atoms in total. The number of hydrogen-bond acceptors (Lipinski definition) is 4. The maximum absolute atomic E-state index is 12.7. The van der Waals surface area contributed by atoms with E-state index in [0.717, 1.165) is 35.1 Å². The fraction of sp³-hybridized carbons (Fsp3) is 0.423. The van der Waals surface area contributed by atoms with E-state index < -0.39 is 30.4 Å². The summed E-state index contributed by atoms with van der Waals surface area (Å²) in [5, 5.41) is 14.6. The molecule has 0 saturated heterocycles. The van der Waals surface area contributed by atoms with Crippen molar-refractivity contribution in [2.45, 2.75) is 57.0 Å². The van der Waals surface area contributed by atoms with Gasteiger partial charge in [-0.3, -0.25) is 9.59 Å². The highest BCUT2D eigenvalue weighted by atomic mass is 16.5. The van der Waals surface area contributed by atoms with Crippen LogP contribution in [0, 0.1) is 5.92 Å². The Morgan fingerprint density at radius 3 is 2.15 bits per heavy atom. The molecule has 2 aromatic rings. The number of amides is 2. The molecule has 1 fully saturated rings. The number of fused-ring (bicyclic) bond motifs is 3. The molecule has 0 radical (unpaired) electrons. The van der Waals surface area contributed by atoms with Gasteiger partial charge in [0, 0.05) is 12.0 Å². The summed E-state index contributed by atoms with van der Waals surface area (Å²) in [6.07, 6.45) is 2.68. The summed E-state index contributed by atoms with van der Waals surface area (Å²) in [7, 11) is 0. The first-order valence-corrected chi connectivity index (χ1v) is 11.6. The third-order valence-electron chi connectivity index (χ3n) is 6.48. The van der Waals surface area contributed by atoms with Gasteiger partial charge in [-0.15, -0.1) is 0 Å². The Morgan fingerprint density at radius 2 is 1.61 bits per heavy atom. The number of alkyl carbamates (subject to hydrolysis) is 1. The van der Waals surface area contributed by atoms with Crippen LogP contribution < -0.4 is 10.6 Å². The molecule has 174 valence electrons. The molecular formula is C26H30N2O5. The van der Waals surface area contributed by atoms with E-state index in [1.165, 1.54) is 12.8 Å². The van der Waals surface area contributed by atoms with Crippen LogP contribution in [0.5, 0.6) is 0 Å². The molecule has 7 heteroatoms. The number of nitrogens with one attached hydrogen (secondary N) is 2. The van der Waals surface area contributed by atoms with Crippen molar-refractivity contribution in [1.29, 1.82) is 0 Å². The van der Waals surface area contributed by atoms with E-state index in [-0.39, 0.29) is 18.6 Å². The molecule has 0 aromatic heterocycles. The molecule has 2 amide bonds. The van der Waals surface area contributed by atoms with E-state index in [4.69, 9.17) is 4.74 Å². The fourth-order valence-electron chi connectivity index (χ4n) is 4.55. The second-order valence-electron chi connectivity index (χ2n) is 8.91. The summed E-state index contributed by atoms with van der Waals surface area (Å²) in [5.74, 6) is -1.14. The van der Waals surface area contributed by atoms with Gasteiger partial charge in [-0.2, -0.15) is 0 Å². The third kappa shape index (κ3) is 5.53. The number of carboxylic acids is 1. The Hall–Kier alpha value is -3.35. The molecule has 1 saturated carbocycles. The number of hydrogen-bond donors (Lipinski definition) is 3. The molecule has 2 aliphatic rings. The number of ether oxygens (including phenoxy) is 1. The lowest BCUT2D eigenvalue weighted by Gasteiger charge is -2.22. The van der Waals surface area contributed by atoms with Crippen LogP contribution in [0.15, 0.2) is 48.5 Å². The van der Waals surface area contributed by atoms with Crippen LogP contribution in [0.1, 0.15) is 56.1 Å². The lowest BCUT2D eigenvalue weighted by Crippen LogP contribution is -2.50. The molecule has 2 unspecified atom stereocenters. The molecule has 3 N–H and O–H groups in total. The smallest absolute Gasteiger partial charge is 0.407 e. The predicted octanol–water partition coefficient (Wildman–Crippen LogP) is 4.06. The highest BCUT2D eigenvalue weighted by molar-refractivity contribution is 5.89. The fourth-order valence-corrected chi connectivity index (χ4v) is 4.55. The van der Waals surface area contributed by atoms with Gasteiger partial charge in [0.1, 0.15) is 12.6 Å². The monoisotopic (exact) mass is 450 g/mol. The van der Waals surface area contributed by atoms with Crippen molar-refractivity contribution in [3.63, 3.8) is 0 Å². The van der Waals surface area contributed by atoms with Gasteiger partial charge in [-0.25, -0.2) is 4.79 Å². The third-order valence-corrected chi connectivity index (χ3v) is 6.48. The molecule has 4 rings (SSSR count). The zero-order valence-corrected chi connectivity index (χ0v) is 18.8. The van der Waals surface area contributed by atoms with Crippen molar-refractivity contribution in [3.05, 3.63) is 59.7 Å². The van der Waals surface area contributed by atoms with Crippen LogP contribution in [0.4, 0.5) is 4.79 Å². The van der Waals surface area contributed by atoms with E-state index in [2.05, 4.69) is 10.6 Å². The topological polar surface area (TPSA) is 105 Å². The highest BCUT2D eigenvalue weighted by Crippen LogP contribution is 2.44. The minimum absolute atomic E-state index is 0.0226. The van der Waals surface area contributed by atoms with Crippen molar-refractivity contribution in [3.8, 4) is 11.1 Å². The highest BCUT2D eigenvalue weighted by Gasteiger charge is 2.31. The Morgan fingerprint density at radius 1 is 1.00 bits per heavy atom. The SMILES string of the molecule is CCC(CC1CC1)NC(=O)C(CC(=O)O)NC(=O)OCC1c2ccccc2-c2ccccc21. The molecule has 2 aromatic carbocycles. The molecule has 0 aliphatic heterocycles. The van der Waals surface area contributed by atoms with Gasteiger partial charge in [0.2, 0.25) is 5.91 Å². The van der Waals surface area contributed by atoms with Gasteiger partial charge >= 0.3 is 12.1 Å². The van der Waals surface area contributed by atoms with E-state index in [1.54, 1.807) is 0 Å². The largest absolute Gasteiger partial charge is 0.481 e. The molecule has 0 spiro atoms. The normalized spacial score (nSPS) is 16.3. The predicted molar refractivity (Wildman–Crippen MR) is 124 cm³/mol. The average Bonchev–Trinajstić information content (AvgIpc) is 3.57. The summed E-state index contributed by atoms with van der Waals surface area (Å²) in [6.45, 7) is 2.08. The summed E-state index contributed by atoms with van der Waals surface area (Å²) in [5.41, 5.74) is 4.40. The Bertz CT molecular complexity index is 987. The van der Waals surface area contributed by atoms with Gasteiger partial charge in [0.15, 0.2) is 0 Å². The Labute approximate surface area is 193 Å². The number of rotatable bonds is 10. The Balaban J connectivity index is 1.38. The zero-order chi connectivity index (χ0) is 23.4. The van der Waals surface area contributed by atoms with Gasteiger partial charge in [0.05, 0.1) is 6.42 Å². The standard InChI is InChI=1S/C26H30N2O5/c1-2-17(13-16-11-12-16)27-25(31)23(14-24(29)30)28-26(32)33-15-22-20-9-5-3-7-18(20)19-8-4-6-10-21(19)22/h3-10,16-17,22-23H,2,11-15H2,1H3,(H,27,31)(H,28,32)(H,29,30). The second kappa shape index (κ2) is 10.1. The van der Waals surface area contributed by atoms with Crippen molar-refractivity contribution >= 4 is 18.0 Å². The minimum Gasteiger partial charge on any atom is -0.481 e. The van der Waals surface area contributed by atoms with Crippen LogP contribution >= 0.6 is 0 Å². The maximum atomic E-state index is 12.7. The van der Waals surface area contributed by atoms with Gasteiger partial charge in [0.25, 0.3) is 0 Å². The van der Waals surface area contributed by atoms with Gasteiger partial charge in [-0.1, -0.05) is 68.3 Å². The zero-order valence-electron chi connectivity index (χ0n) is 18.8. The first-order valence-electron chi connectivity index (χ1n) is 11.6. The molecule has 0 heterocycles. The van der Waals surface area contributed by atoms with Crippen molar-refractivity contribution < 1.29 is 24.2 Å². The van der Waals surface area contributed by atoms with E-state index in [1.807, 2.05) is 55.5 Å². The Kier molecular flexibility index (Phi) is 6.96. The average molecular weight is 451 g/mol. The van der Waals surface area contributed by atoms with E-state index in [0.29, 0.717) is 5.92 Å². The first kappa shape index (κ1) is 22.8. The summed E-state index contributed by atoms with van der Waals surface area (Å²) in [4.78, 5) is 36.6. The number of carbonyl (C=O) groups excluding carboxylic acids is 2. The van der Waals surface area contributed by atoms with Crippen LogP contribution in [0.3, 0.4) is 0 Å². The van der Waals surface area contributed by atoms with Crippen molar-refractivity contribution in [1.82, 2.24) is 10.6 Å². The van der Waals surface area contributed by atoms with E-state index >= 15 is 0 Å². The quantitative estimate of drug-likeness (QED) is 0.506. The van der Waals surface area contributed by atoms with Crippen LogP contribution in [-0.2, 0) is 14.3 Å². The minimum atomic E-state index is -1.19. The first-order chi connectivity index (χ1) is 16.0. The van der Waals surface area contributed by atoms with Crippen molar-refractivity contribution in [2.24, 2.45) is 5.92 Å². The van der Waals surface area contributed by atoms with E-state index in [9.17, 15) is 19.5 Å². The van der Waals surface area contributed by atoms with Crippen LogP contribution in [0.2, 0.25) is 0 Å². The molecule has 2 aliphatic carbocycles. The molecule has 2 atom stereocenters. The number of carbonyl (C=O) groups is 3. The lowest BCUT2D eigenvalue weighted by molar-refractivity contribution is -0.140. The summed E-state index contributed by atoms with van der Waals surface area (Å²) < 4.78 is 5.48. The number of benzene rings is 2. The maximum Gasteiger partial charge on any atom is 0.407 e. The second-order valence-corrected chi connectivity index (χ2v) is 8.91. The number of carboxylic acid groups (broad SMARTS) is 1. The lowest BCUT2D eigenvalue weighted by atomic mass is 9.98. The molecule has 33 heavy (non-hydrogen) atoms. The van der Waals surface area contributed by atoms with Gasteiger partial charge in [-0.05, 0) is 41.0 Å². The van der Waals surface area contributed by atoms with Gasteiger partial charge < -0.3 is 20.5 Å². The molecule has 0 bridgehead atoms. The van der Waals surface area contributed by atoms with Crippen molar-refractivity contribution in [2.75, 3.05) is 6.61 Å². The molecular weight excluding hydrogens is 420 g/mol. The summed E-state index contributed by atoms with van der Waals surface area (Å²) in [6, 6.07) is 14.8. The van der Waals surface area contributed by atoms with Crippen LogP contribution in [0.25, 0.3) is 11.1 Å². The van der Waals surface area contributed by atoms with Crippen LogP contribution in [-0.4, -0.2) is 41.8 Å².